The van der Waals surface area contributed by atoms with Gasteiger partial charge in [0.05, 0.1) is 18.0 Å². The van der Waals surface area contributed by atoms with Crippen molar-refractivity contribution >= 4 is 11.4 Å². The van der Waals surface area contributed by atoms with Crippen LogP contribution in [0.1, 0.15) is 15.9 Å². The van der Waals surface area contributed by atoms with E-state index < -0.39 is 0 Å². The van der Waals surface area contributed by atoms with Crippen LogP contribution in [0.5, 0.6) is 0 Å². The lowest BCUT2D eigenvalue weighted by molar-refractivity contribution is 0.0954. The van der Waals surface area contributed by atoms with Crippen molar-refractivity contribution in [2.75, 3.05) is 6.54 Å². The summed E-state index contributed by atoms with van der Waals surface area (Å²) in [6, 6.07) is 7.50. The molecule has 5 heteroatoms. The van der Waals surface area contributed by atoms with Crippen LogP contribution in [0.15, 0.2) is 55.4 Å². The van der Waals surface area contributed by atoms with E-state index in [-0.39, 0.29) is 5.91 Å². The highest BCUT2D eigenvalue weighted by atomic mass is 16.1. The highest BCUT2D eigenvalue weighted by molar-refractivity contribution is 5.95. The van der Waals surface area contributed by atoms with E-state index in [9.17, 15) is 4.79 Å². The molecule has 3 aromatic heterocycles. The standard InChI is InChI=1S/C15H14N4O/c20-15(18-6-3-12-2-1-5-16-9-12)13-4-7-19-11-17-10-14(19)8-13/h1-2,4-5,7-11H,3,6H2,(H,18,20). The molecule has 0 bridgehead atoms. The van der Waals surface area contributed by atoms with Crippen LogP contribution in [0.4, 0.5) is 0 Å². The zero-order valence-electron chi connectivity index (χ0n) is 10.9. The fourth-order valence-electron chi connectivity index (χ4n) is 2.03. The van der Waals surface area contributed by atoms with Crippen molar-refractivity contribution in [3.8, 4) is 0 Å². The molecule has 0 aliphatic rings. The Morgan fingerprint density at radius 2 is 2.20 bits per heavy atom. The second-order valence-corrected chi connectivity index (χ2v) is 4.51. The quantitative estimate of drug-likeness (QED) is 0.782. The van der Waals surface area contributed by atoms with E-state index in [1.165, 1.54) is 0 Å². The second-order valence-electron chi connectivity index (χ2n) is 4.51. The first-order valence-corrected chi connectivity index (χ1v) is 6.42. The smallest absolute Gasteiger partial charge is 0.251 e. The van der Waals surface area contributed by atoms with E-state index in [0.29, 0.717) is 12.1 Å². The number of fused-ring (bicyclic) bond motifs is 1. The molecule has 0 aliphatic heterocycles. The normalized spacial score (nSPS) is 10.6. The Balaban J connectivity index is 1.61. The highest BCUT2D eigenvalue weighted by Gasteiger charge is 2.06. The number of aromatic nitrogens is 3. The molecule has 20 heavy (non-hydrogen) atoms. The van der Waals surface area contributed by atoms with Gasteiger partial charge in [0.25, 0.3) is 5.91 Å². The SMILES string of the molecule is O=C(NCCc1cccnc1)c1ccn2cncc2c1. The molecule has 1 N–H and O–H groups in total. The minimum atomic E-state index is -0.0717. The third-order valence-corrected chi connectivity index (χ3v) is 3.10. The summed E-state index contributed by atoms with van der Waals surface area (Å²) in [7, 11) is 0. The summed E-state index contributed by atoms with van der Waals surface area (Å²) in [5, 5.41) is 2.91. The molecule has 0 atom stereocenters. The Morgan fingerprint density at radius 3 is 3.05 bits per heavy atom. The van der Waals surface area contributed by atoms with Crippen molar-refractivity contribution < 1.29 is 4.79 Å². The zero-order valence-corrected chi connectivity index (χ0v) is 10.9. The van der Waals surface area contributed by atoms with Gasteiger partial charge < -0.3 is 9.72 Å². The van der Waals surface area contributed by atoms with Gasteiger partial charge >= 0.3 is 0 Å². The van der Waals surface area contributed by atoms with Crippen molar-refractivity contribution in [2.45, 2.75) is 6.42 Å². The molecule has 0 fully saturated rings. The van der Waals surface area contributed by atoms with Crippen LogP contribution in [-0.4, -0.2) is 26.8 Å². The minimum absolute atomic E-state index is 0.0717. The number of hydrogen-bond donors (Lipinski definition) is 1. The molecule has 3 heterocycles. The molecule has 0 radical (unpaired) electrons. The van der Waals surface area contributed by atoms with Crippen molar-refractivity contribution in [1.29, 1.82) is 0 Å². The summed E-state index contributed by atoms with van der Waals surface area (Å²) in [4.78, 5) is 20.1. The van der Waals surface area contributed by atoms with E-state index in [2.05, 4.69) is 15.3 Å². The molecule has 0 aromatic carbocycles. The third-order valence-electron chi connectivity index (χ3n) is 3.10. The number of rotatable bonds is 4. The van der Waals surface area contributed by atoms with Crippen molar-refractivity contribution in [3.05, 3.63) is 66.5 Å². The maximum Gasteiger partial charge on any atom is 0.251 e. The number of imidazole rings is 1. The Bertz CT molecular complexity index is 721. The molecule has 100 valence electrons. The van der Waals surface area contributed by atoms with Gasteiger partial charge in [-0.3, -0.25) is 9.78 Å². The molecule has 0 spiro atoms. The summed E-state index contributed by atoms with van der Waals surface area (Å²) >= 11 is 0. The first-order chi connectivity index (χ1) is 9.83. The maximum absolute atomic E-state index is 12.0. The monoisotopic (exact) mass is 266 g/mol. The van der Waals surface area contributed by atoms with Crippen LogP contribution in [-0.2, 0) is 6.42 Å². The highest BCUT2D eigenvalue weighted by Crippen LogP contribution is 2.06. The van der Waals surface area contributed by atoms with Crippen molar-refractivity contribution in [3.63, 3.8) is 0 Å². The Morgan fingerprint density at radius 1 is 1.25 bits per heavy atom. The Labute approximate surface area is 116 Å². The van der Waals surface area contributed by atoms with Crippen LogP contribution < -0.4 is 5.32 Å². The van der Waals surface area contributed by atoms with E-state index in [4.69, 9.17) is 0 Å². The third kappa shape index (κ3) is 2.66. The van der Waals surface area contributed by atoms with E-state index >= 15 is 0 Å². The molecule has 0 unspecified atom stereocenters. The van der Waals surface area contributed by atoms with Gasteiger partial charge in [-0.25, -0.2) is 4.98 Å². The topological polar surface area (TPSA) is 59.3 Å². The molecular formula is C15H14N4O. The largest absolute Gasteiger partial charge is 0.352 e. The zero-order chi connectivity index (χ0) is 13.8. The van der Waals surface area contributed by atoms with Crippen LogP contribution in [0.2, 0.25) is 0 Å². The van der Waals surface area contributed by atoms with Crippen LogP contribution in [0.3, 0.4) is 0 Å². The van der Waals surface area contributed by atoms with Gasteiger partial charge in [0.2, 0.25) is 0 Å². The minimum Gasteiger partial charge on any atom is -0.352 e. The molecule has 0 aliphatic carbocycles. The summed E-state index contributed by atoms with van der Waals surface area (Å²) in [5.41, 5.74) is 2.66. The molecule has 3 rings (SSSR count). The number of hydrogen-bond acceptors (Lipinski definition) is 3. The number of carbonyl (C=O) groups is 1. The number of nitrogens with one attached hydrogen (secondary N) is 1. The first-order valence-electron chi connectivity index (χ1n) is 6.42. The molecule has 0 saturated carbocycles. The van der Waals surface area contributed by atoms with E-state index in [0.717, 1.165) is 17.5 Å². The van der Waals surface area contributed by atoms with E-state index in [1.54, 1.807) is 24.8 Å². The fraction of sp³-hybridized carbons (Fsp3) is 0.133. The number of amides is 1. The number of nitrogens with zero attached hydrogens (tertiary/aromatic N) is 3. The first kappa shape index (κ1) is 12.3. The summed E-state index contributed by atoms with van der Waals surface area (Å²) < 4.78 is 1.87. The molecule has 0 saturated heterocycles. The van der Waals surface area contributed by atoms with Gasteiger partial charge in [-0.1, -0.05) is 6.07 Å². The predicted molar refractivity (Wildman–Crippen MR) is 75.5 cm³/mol. The average molecular weight is 266 g/mol. The van der Waals surface area contributed by atoms with Crippen LogP contribution in [0.25, 0.3) is 5.52 Å². The van der Waals surface area contributed by atoms with Gasteiger partial charge in [-0.05, 0) is 30.2 Å². The maximum atomic E-state index is 12.0. The lowest BCUT2D eigenvalue weighted by atomic mass is 10.2. The summed E-state index contributed by atoms with van der Waals surface area (Å²) in [6.07, 6.45) is 9.59. The van der Waals surface area contributed by atoms with E-state index in [1.807, 2.05) is 35.0 Å². The van der Waals surface area contributed by atoms with Crippen LogP contribution in [0, 0.1) is 0 Å². The van der Waals surface area contributed by atoms with Gasteiger partial charge in [0.1, 0.15) is 0 Å². The van der Waals surface area contributed by atoms with Crippen molar-refractivity contribution in [1.82, 2.24) is 19.7 Å². The predicted octanol–water partition coefficient (Wildman–Crippen LogP) is 1.70. The van der Waals surface area contributed by atoms with Gasteiger partial charge in [0, 0.05) is 30.7 Å². The Kier molecular flexibility index (Phi) is 3.41. The molecular weight excluding hydrogens is 252 g/mol. The lowest BCUT2D eigenvalue weighted by Crippen LogP contribution is -2.25. The van der Waals surface area contributed by atoms with Crippen LogP contribution >= 0.6 is 0 Å². The van der Waals surface area contributed by atoms with Crippen molar-refractivity contribution in [2.24, 2.45) is 0 Å². The fourth-order valence-corrected chi connectivity index (χ4v) is 2.03. The second kappa shape index (κ2) is 5.52. The Hall–Kier alpha value is -2.69. The number of pyridine rings is 2. The number of carbonyl (C=O) groups excluding carboxylic acids is 1. The molecule has 3 aromatic rings. The van der Waals surface area contributed by atoms with Gasteiger partial charge in [-0.2, -0.15) is 0 Å². The van der Waals surface area contributed by atoms with Gasteiger partial charge in [-0.15, -0.1) is 0 Å². The summed E-state index contributed by atoms with van der Waals surface area (Å²) in [5.74, 6) is -0.0717. The molecule has 1 amide bonds. The lowest BCUT2D eigenvalue weighted by Gasteiger charge is -2.05. The molecule has 5 nitrogen and oxygen atoms in total. The average Bonchev–Trinajstić information content (AvgIpc) is 2.95. The van der Waals surface area contributed by atoms with Gasteiger partial charge in [0.15, 0.2) is 0 Å². The summed E-state index contributed by atoms with van der Waals surface area (Å²) in [6.45, 7) is 0.592.